The van der Waals surface area contributed by atoms with Crippen molar-refractivity contribution >= 4 is 44.9 Å². The van der Waals surface area contributed by atoms with E-state index >= 15 is 0 Å². The SMILES string of the molecule is Cc1cccc(C)c1NC(=O)CSc1nc2sc3c(c2c(=O)[nH]1)CC[C@H](C)C3. The zero-order valence-electron chi connectivity index (χ0n) is 16.2. The van der Waals surface area contributed by atoms with E-state index in [-0.39, 0.29) is 17.2 Å². The lowest BCUT2D eigenvalue weighted by Crippen LogP contribution is -2.17. The third-order valence-electron chi connectivity index (χ3n) is 5.23. The molecule has 2 N–H and O–H groups in total. The number of hydrogen-bond donors (Lipinski definition) is 2. The van der Waals surface area contributed by atoms with Crippen LogP contribution in [0.4, 0.5) is 5.69 Å². The van der Waals surface area contributed by atoms with Gasteiger partial charge in [-0.25, -0.2) is 4.98 Å². The number of aromatic nitrogens is 2. The lowest BCUT2D eigenvalue weighted by atomic mass is 9.89. The molecule has 0 bridgehead atoms. The molecule has 0 radical (unpaired) electrons. The van der Waals surface area contributed by atoms with Crippen molar-refractivity contribution in [2.24, 2.45) is 5.92 Å². The molecular formula is C21H23N3O2S2. The maximum Gasteiger partial charge on any atom is 0.260 e. The molecule has 28 heavy (non-hydrogen) atoms. The minimum Gasteiger partial charge on any atom is -0.325 e. The summed E-state index contributed by atoms with van der Waals surface area (Å²) in [5.41, 5.74) is 4.00. The Kier molecular flexibility index (Phi) is 5.29. The van der Waals surface area contributed by atoms with E-state index in [1.807, 2.05) is 32.0 Å². The highest BCUT2D eigenvalue weighted by Gasteiger charge is 2.23. The number of aromatic amines is 1. The van der Waals surface area contributed by atoms with Gasteiger partial charge in [-0.1, -0.05) is 36.9 Å². The Balaban J connectivity index is 1.51. The topological polar surface area (TPSA) is 74.8 Å². The number of carbonyl (C=O) groups excluding carboxylic acids is 1. The number of carbonyl (C=O) groups is 1. The van der Waals surface area contributed by atoms with Gasteiger partial charge < -0.3 is 10.3 Å². The third-order valence-corrected chi connectivity index (χ3v) is 7.25. The van der Waals surface area contributed by atoms with E-state index in [1.54, 1.807) is 11.3 Å². The summed E-state index contributed by atoms with van der Waals surface area (Å²) in [7, 11) is 0. The summed E-state index contributed by atoms with van der Waals surface area (Å²) in [6, 6.07) is 5.92. The number of nitrogens with one attached hydrogen (secondary N) is 2. The maximum atomic E-state index is 12.6. The van der Waals surface area contributed by atoms with E-state index in [2.05, 4.69) is 22.2 Å². The number of fused-ring (bicyclic) bond motifs is 3. The minimum atomic E-state index is -0.107. The molecule has 7 heteroatoms. The number of amides is 1. The van der Waals surface area contributed by atoms with Gasteiger partial charge in [0, 0.05) is 10.6 Å². The van der Waals surface area contributed by atoms with E-state index in [4.69, 9.17) is 0 Å². The van der Waals surface area contributed by atoms with Crippen LogP contribution in [-0.4, -0.2) is 21.6 Å². The fourth-order valence-electron chi connectivity index (χ4n) is 3.72. The van der Waals surface area contributed by atoms with Crippen LogP contribution in [0.1, 0.15) is 34.9 Å². The summed E-state index contributed by atoms with van der Waals surface area (Å²) in [6.07, 6.45) is 3.09. The van der Waals surface area contributed by atoms with Crippen molar-refractivity contribution in [3.05, 3.63) is 50.1 Å². The highest BCUT2D eigenvalue weighted by molar-refractivity contribution is 7.99. The standard InChI is InChI=1S/C21H23N3O2S2/c1-11-7-8-14-15(9-11)28-20-17(14)19(26)23-21(24-20)27-10-16(25)22-18-12(2)5-4-6-13(18)3/h4-6,11H,7-10H2,1-3H3,(H,22,25)(H,23,24,26)/t11-/m0/s1. The van der Waals surface area contributed by atoms with E-state index in [1.165, 1.54) is 22.2 Å². The van der Waals surface area contributed by atoms with Gasteiger partial charge in [0.2, 0.25) is 5.91 Å². The van der Waals surface area contributed by atoms with Gasteiger partial charge in [-0.05, 0) is 55.7 Å². The van der Waals surface area contributed by atoms with Gasteiger partial charge in [0.15, 0.2) is 5.16 Å². The number of aryl methyl sites for hydroxylation is 3. The van der Waals surface area contributed by atoms with Crippen LogP contribution in [0.15, 0.2) is 28.2 Å². The van der Waals surface area contributed by atoms with Gasteiger partial charge in [0.1, 0.15) is 4.83 Å². The van der Waals surface area contributed by atoms with Crippen LogP contribution in [0.2, 0.25) is 0 Å². The number of thioether (sulfide) groups is 1. The van der Waals surface area contributed by atoms with E-state index in [0.29, 0.717) is 11.1 Å². The van der Waals surface area contributed by atoms with Crippen molar-refractivity contribution in [2.75, 3.05) is 11.1 Å². The molecule has 1 aromatic carbocycles. The molecule has 0 aliphatic heterocycles. The largest absolute Gasteiger partial charge is 0.325 e. The predicted molar refractivity (Wildman–Crippen MR) is 117 cm³/mol. The maximum absolute atomic E-state index is 12.6. The van der Waals surface area contributed by atoms with Crippen molar-refractivity contribution in [3.63, 3.8) is 0 Å². The van der Waals surface area contributed by atoms with Crippen molar-refractivity contribution in [3.8, 4) is 0 Å². The summed E-state index contributed by atoms with van der Waals surface area (Å²) >= 11 is 2.89. The van der Waals surface area contributed by atoms with Crippen LogP contribution in [0.5, 0.6) is 0 Å². The Hall–Kier alpha value is -2.12. The Morgan fingerprint density at radius 2 is 2.11 bits per heavy atom. The number of H-pyrrole nitrogens is 1. The molecule has 0 saturated heterocycles. The van der Waals surface area contributed by atoms with Gasteiger partial charge >= 0.3 is 0 Å². The second-order valence-electron chi connectivity index (χ2n) is 7.51. The molecule has 146 valence electrons. The van der Waals surface area contributed by atoms with Gasteiger partial charge in [0.05, 0.1) is 11.1 Å². The molecule has 0 fully saturated rings. The van der Waals surface area contributed by atoms with Gasteiger partial charge in [-0.15, -0.1) is 11.3 Å². The van der Waals surface area contributed by atoms with Crippen LogP contribution < -0.4 is 10.9 Å². The van der Waals surface area contributed by atoms with Crippen molar-refractivity contribution in [1.29, 1.82) is 0 Å². The van der Waals surface area contributed by atoms with Gasteiger partial charge in [-0.2, -0.15) is 0 Å². The van der Waals surface area contributed by atoms with Crippen LogP contribution in [0, 0.1) is 19.8 Å². The smallest absolute Gasteiger partial charge is 0.260 e. The fraction of sp³-hybridized carbons (Fsp3) is 0.381. The Morgan fingerprint density at radius 1 is 1.36 bits per heavy atom. The Bertz CT molecular complexity index is 1100. The molecule has 1 aliphatic rings. The number of rotatable bonds is 4. The normalized spacial score (nSPS) is 16.2. The average Bonchev–Trinajstić information content (AvgIpc) is 3.01. The molecule has 1 amide bonds. The molecule has 1 aliphatic carbocycles. The number of para-hydroxylation sites is 1. The highest BCUT2D eigenvalue weighted by atomic mass is 32.2. The van der Waals surface area contributed by atoms with Crippen molar-refractivity contribution in [2.45, 2.75) is 45.2 Å². The monoisotopic (exact) mass is 413 g/mol. The first-order valence-electron chi connectivity index (χ1n) is 9.46. The zero-order chi connectivity index (χ0) is 19.8. The number of anilines is 1. The minimum absolute atomic E-state index is 0.0882. The van der Waals surface area contributed by atoms with Crippen LogP contribution in [0.25, 0.3) is 10.2 Å². The zero-order valence-corrected chi connectivity index (χ0v) is 17.9. The molecule has 1 atom stereocenters. The average molecular weight is 414 g/mol. The molecule has 4 rings (SSSR count). The summed E-state index contributed by atoms with van der Waals surface area (Å²) < 4.78 is 0. The second kappa shape index (κ2) is 7.72. The Morgan fingerprint density at radius 3 is 2.86 bits per heavy atom. The third kappa shape index (κ3) is 3.73. The van der Waals surface area contributed by atoms with Crippen molar-refractivity contribution < 1.29 is 4.79 Å². The van der Waals surface area contributed by atoms with E-state index in [0.717, 1.165) is 46.3 Å². The first kappa shape index (κ1) is 19.2. The van der Waals surface area contributed by atoms with Gasteiger partial charge in [0.25, 0.3) is 5.56 Å². The summed E-state index contributed by atoms with van der Waals surface area (Å²) in [6.45, 7) is 6.20. The summed E-state index contributed by atoms with van der Waals surface area (Å²) in [5.74, 6) is 0.746. The predicted octanol–water partition coefficient (Wildman–Crippen LogP) is 4.46. The van der Waals surface area contributed by atoms with E-state index in [9.17, 15) is 9.59 Å². The lowest BCUT2D eigenvalue weighted by molar-refractivity contribution is -0.113. The molecular weight excluding hydrogens is 390 g/mol. The first-order chi connectivity index (χ1) is 13.4. The molecule has 0 unspecified atom stereocenters. The number of nitrogens with zero attached hydrogens (tertiary/aromatic N) is 1. The Labute approximate surface area is 172 Å². The number of benzene rings is 1. The molecule has 0 spiro atoms. The molecule has 5 nitrogen and oxygen atoms in total. The summed E-state index contributed by atoms with van der Waals surface area (Å²) in [4.78, 5) is 34.6. The van der Waals surface area contributed by atoms with Crippen LogP contribution >= 0.6 is 23.1 Å². The molecule has 2 aromatic heterocycles. The van der Waals surface area contributed by atoms with Gasteiger partial charge in [-0.3, -0.25) is 9.59 Å². The van der Waals surface area contributed by atoms with Crippen molar-refractivity contribution in [1.82, 2.24) is 9.97 Å². The highest BCUT2D eigenvalue weighted by Crippen LogP contribution is 2.36. The quantitative estimate of drug-likeness (QED) is 0.489. The molecule has 0 saturated carbocycles. The van der Waals surface area contributed by atoms with E-state index < -0.39 is 0 Å². The lowest BCUT2D eigenvalue weighted by Gasteiger charge is -2.17. The van der Waals surface area contributed by atoms with Crippen LogP contribution in [0.3, 0.4) is 0 Å². The first-order valence-corrected chi connectivity index (χ1v) is 11.3. The fourth-order valence-corrected chi connectivity index (χ4v) is 5.82. The summed E-state index contributed by atoms with van der Waals surface area (Å²) in [5, 5.41) is 4.22. The number of thiophene rings is 1. The number of hydrogen-bond acceptors (Lipinski definition) is 5. The van der Waals surface area contributed by atoms with Crippen LogP contribution in [-0.2, 0) is 17.6 Å². The second-order valence-corrected chi connectivity index (χ2v) is 9.55. The molecule has 3 aromatic rings. The molecule has 2 heterocycles.